The van der Waals surface area contributed by atoms with Crippen LogP contribution >= 0.6 is 7.14 Å². The van der Waals surface area contributed by atoms with Gasteiger partial charge in [-0.25, -0.2) is 0 Å². The van der Waals surface area contributed by atoms with E-state index in [9.17, 15) is 8.42 Å². The van der Waals surface area contributed by atoms with E-state index in [2.05, 4.69) is 37.9 Å². The maximum atomic E-state index is 11.2. The SMILES string of the molecule is B[PH]1(c2ccccc2)CCC[C@@H]1C[C@@H](C)OS(C)(=O)=O. The molecule has 0 saturated carbocycles. The summed E-state index contributed by atoms with van der Waals surface area (Å²) in [6.07, 6.45) is 5.52. The standard InChI is InChI=1S/C14H24BO3PS/c1-12(18-20(2,16)17)11-14-9-6-10-19(14,15)13-7-4-3-5-8-13/h3-5,7-8,12,14,19H,6,9-11,15H2,1-2H3/t12-,14-/m1/s1. The van der Waals surface area contributed by atoms with Crippen LogP contribution in [0.4, 0.5) is 0 Å². The Kier molecular flexibility index (Phi) is 4.94. The Balaban J connectivity index is 2.11. The van der Waals surface area contributed by atoms with Gasteiger partial charge >= 0.3 is 123 Å². The molecule has 112 valence electrons. The number of rotatable bonds is 5. The molecule has 1 aromatic rings. The van der Waals surface area contributed by atoms with E-state index in [0.717, 1.165) is 12.7 Å². The van der Waals surface area contributed by atoms with Crippen LogP contribution in [0.1, 0.15) is 26.2 Å². The summed E-state index contributed by atoms with van der Waals surface area (Å²) in [5.74, 6) is 0. The molecule has 1 aliphatic heterocycles. The van der Waals surface area contributed by atoms with E-state index in [1.54, 1.807) is 0 Å². The van der Waals surface area contributed by atoms with Gasteiger partial charge in [0.15, 0.2) is 0 Å². The summed E-state index contributed by atoms with van der Waals surface area (Å²) < 4.78 is 27.6. The Hall–Kier alpha value is -0.375. The van der Waals surface area contributed by atoms with Crippen LogP contribution in [0.15, 0.2) is 30.3 Å². The quantitative estimate of drug-likeness (QED) is 0.470. The van der Waals surface area contributed by atoms with Crippen molar-refractivity contribution in [3.8, 4) is 0 Å². The fourth-order valence-electron chi connectivity index (χ4n) is 3.55. The normalized spacial score (nSPS) is 25.2. The van der Waals surface area contributed by atoms with Crippen molar-refractivity contribution >= 4 is 30.1 Å². The Morgan fingerprint density at radius 1 is 1.40 bits per heavy atom. The van der Waals surface area contributed by atoms with Gasteiger partial charge in [-0.3, -0.25) is 0 Å². The summed E-state index contributed by atoms with van der Waals surface area (Å²) >= 11 is 0. The van der Waals surface area contributed by atoms with Crippen LogP contribution in [0.3, 0.4) is 0 Å². The summed E-state index contributed by atoms with van der Waals surface area (Å²) in [6.45, 7) is 1.87. The molecule has 6 heteroatoms. The first-order chi connectivity index (χ1) is 9.31. The fraction of sp³-hybridized carbons (Fsp3) is 0.571. The van der Waals surface area contributed by atoms with E-state index < -0.39 is 17.3 Å². The van der Waals surface area contributed by atoms with E-state index >= 15 is 0 Å². The van der Waals surface area contributed by atoms with Gasteiger partial charge in [0.1, 0.15) is 0 Å². The van der Waals surface area contributed by atoms with Crippen LogP contribution in [-0.4, -0.2) is 40.2 Å². The molecule has 0 spiro atoms. The third-order valence-electron chi connectivity index (χ3n) is 4.54. The molecule has 1 aliphatic rings. The molecule has 2 atom stereocenters. The molecule has 0 N–H and O–H groups in total. The minimum atomic E-state index is -3.35. The number of benzene rings is 1. The summed E-state index contributed by atoms with van der Waals surface area (Å²) in [5, 5.41) is 1.49. The zero-order chi connectivity index (χ0) is 14.8. The molecule has 0 aromatic heterocycles. The van der Waals surface area contributed by atoms with Crippen LogP contribution in [0, 0.1) is 0 Å². The summed E-state index contributed by atoms with van der Waals surface area (Å²) in [4.78, 5) is 0. The predicted molar refractivity (Wildman–Crippen MR) is 90.8 cm³/mol. The zero-order valence-corrected chi connectivity index (χ0v) is 14.3. The van der Waals surface area contributed by atoms with Crippen molar-refractivity contribution in [3.05, 3.63) is 30.3 Å². The average Bonchev–Trinajstić information content (AvgIpc) is 2.71. The van der Waals surface area contributed by atoms with Gasteiger partial charge in [0, 0.05) is 0 Å². The topological polar surface area (TPSA) is 43.4 Å². The van der Waals surface area contributed by atoms with E-state index in [-0.39, 0.29) is 6.10 Å². The van der Waals surface area contributed by atoms with E-state index in [1.807, 2.05) is 6.92 Å². The van der Waals surface area contributed by atoms with Crippen LogP contribution in [0.5, 0.6) is 0 Å². The molecule has 1 aromatic carbocycles. The predicted octanol–water partition coefficient (Wildman–Crippen LogP) is 1.53. The molecule has 0 aliphatic carbocycles. The molecule has 0 radical (unpaired) electrons. The summed E-state index contributed by atoms with van der Waals surface area (Å²) in [7, 11) is -2.42. The van der Waals surface area contributed by atoms with Crippen molar-refractivity contribution in [2.75, 3.05) is 12.4 Å². The molecule has 3 nitrogen and oxygen atoms in total. The molecule has 0 unspecified atom stereocenters. The molecule has 2 rings (SSSR count). The van der Waals surface area contributed by atoms with E-state index in [4.69, 9.17) is 4.18 Å². The Bertz CT molecular complexity index is 549. The van der Waals surface area contributed by atoms with Crippen LogP contribution in [-0.2, 0) is 14.3 Å². The second kappa shape index (κ2) is 6.17. The Labute approximate surface area is 123 Å². The van der Waals surface area contributed by atoms with Gasteiger partial charge in [-0.2, -0.15) is 0 Å². The van der Waals surface area contributed by atoms with Crippen molar-refractivity contribution in [1.82, 2.24) is 0 Å². The third kappa shape index (κ3) is 3.84. The second-order valence-electron chi connectivity index (χ2n) is 6.22. The first kappa shape index (κ1) is 16.0. The molecular formula is C14H24BO3PS. The van der Waals surface area contributed by atoms with Gasteiger partial charge in [0.05, 0.1) is 0 Å². The fourth-order valence-corrected chi connectivity index (χ4v) is 8.98. The molecule has 0 bridgehead atoms. The number of hydrogen-bond acceptors (Lipinski definition) is 3. The van der Waals surface area contributed by atoms with Crippen molar-refractivity contribution in [1.29, 1.82) is 0 Å². The molecule has 1 heterocycles. The molecule has 20 heavy (non-hydrogen) atoms. The first-order valence-electron chi connectivity index (χ1n) is 7.25. The van der Waals surface area contributed by atoms with Crippen LogP contribution < -0.4 is 5.30 Å². The van der Waals surface area contributed by atoms with Gasteiger partial charge in [0.2, 0.25) is 0 Å². The van der Waals surface area contributed by atoms with Crippen molar-refractivity contribution in [3.63, 3.8) is 0 Å². The van der Waals surface area contributed by atoms with Gasteiger partial charge in [-0.1, -0.05) is 0 Å². The third-order valence-corrected chi connectivity index (χ3v) is 10.6. The van der Waals surface area contributed by atoms with Crippen LogP contribution in [0.2, 0.25) is 0 Å². The molecular weight excluding hydrogens is 290 g/mol. The van der Waals surface area contributed by atoms with Gasteiger partial charge in [-0.05, 0) is 0 Å². The Morgan fingerprint density at radius 2 is 2.05 bits per heavy atom. The molecule has 0 amide bonds. The van der Waals surface area contributed by atoms with Gasteiger partial charge in [-0.15, -0.1) is 0 Å². The second-order valence-corrected chi connectivity index (χ2v) is 12.5. The monoisotopic (exact) mass is 314 g/mol. The first-order valence-corrected chi connectivity index (χ1v) is 11.8. The Morgan fingerprint density at radius 3 is 2.65 bits per heavy atom. The zero-order valence-electron chi connectivity index (χ0n) is 12.5. The number of hydrogen-bond donors (Lipinski definition) is 0. The average molecular weight is 314 g/mol. The molecule has 1 fully saturated rings. The summed E-state index contributed by atoms with van der Waals surface area (Å²) in [5.41, 5.74) is 0.613. The van der Waals surface area contributed by atoms with Gasteiger partial charge in [0.25, 0.3) is 0 Å². The van der Waals surface area contributed by atoms with Gasteiger partial charge < -0.3 is 0 Å². The van der Waals surface area contributed by atoms with E-state index in [0.29, 0.717) is 5.66 Å². The van der Waals surface area contributed by atoms with E-state index in [1.165, 1.54) is 24.3 Å². The molecule has 1 saturated heterocycles. The van der Waals surface area contributed by atoms with Crippen molar-refractivity contribution in [2.45, 2.75) is 37.9 Å². The van der Waals surface area contributed by atoms with Crippen molar-refractivity contribution < 1.29 is 12.6 Å². The minimum absolute atomic E-state index is 0.219. The maximum absolute atomic E-state index is 11.2. The summed E-state index contributed by atoms with van der Waals surface area (Å²) in [6, 6.07) is 10.8. The van der Waals surface area contributed by atoms with Crippen molar-refractivity contribution in [2.24, 2.45) is 0 Å². The van der Waals surface area contributed by atoms with Crippen LogP contribution in [0.25, 0.3) is 0 Å².